The summed E-state index contributed by atoms with van der Waals surface area (Å²) in [6.07, 6.45) is 10.4. The van der Waals surface area contributed by atoms with Crippen LogP contribution in [0.5, 0.6) is 0 Å². The van der Waals surface area contributed by atoms with E-state index < -0.39 is 0 Å². The Bertz CT molecular complexity index is 797. The Hall–Kier alpha value is -2.22. The van der Waals surface area contributed by atoms with Gasteiger partial charge in [-0.25, -0.2) is 0 Å². The van der Waals surface area contributed by atoms with Crippen molar-refractivity contribution in [2.45, 2.75) is 72.6 Å². The van der Waals surface area contributed by atoms with Crippen molar-refractivity contribution >= 4 is 11.4 Å². The van der Waals surface area contributed by atoms with Crippen molar-refractivity contribution in [2.75, 3.05) is 16.5 Å². The zero-order valence-electron chi connectivity index (χ0n) is 18.3. The largest absolute Gasteiger partial charge is 0.328 e. The van der Waals surface area contributed by atoms with E-state index in [1.54, 1.807) is 0 Å². The van der Waals surface area contributed by atoms with Crippen molar-refractivity contribution < 1.29 is 0 Å². The van der Waals surface area contributed by atoms with Crippen molar-refractivity contribution in [3.8, 4) is 0 Å². The molecule has 2 nitrogen and oxygen atoms in total. The summed E-state index contributed by atoms with van der Waals surface area (Å²) < 4.78 is 0. The lowest BCUT2D eigenvalue weighted by Crippen LogP contribution is -2.27. The number of para-hydroxylation sites is 2. The number of benzene rings is 2. The van der Waals surface area contributed by atoms with Crippen LogP contribution in [-0.4, -0.2) is 6.67 Å². The van der Waals surface area contributed by atoms with Gasteiger partial charge in [0.05, 0.1) is 6.67 Å². The zero-order valence-corrected chi connectivity index (χ0v) is 18.3. The van der Waals surface area contributed by atoms with Gasteiger partial charge in [-0.15, -0.1) is 0 Å². The van der Waals surface area contributed by atoms with Crippen LogP contribution >= 0.6 is 0 Å². The minimum Gasteiger partial charge on any atom is -0.328 e. The predicted molar refractivity (Wildman–Crippen MR) is 123 cm³/mol. The van der Waals surface area contributed by atoms with Gasteiger partial charge in [-0.2, -0.15) is 0 Å². The maximum absolute atomic E-state index is 2.46. The van der Waals surface area contributed by atoms with Crippen molar-refractivity contribution in [3.05, 3.63) is 71.1 Å². The van der Waals surface area contributed by atoms with E-state index in [-0.39, 0.29) is 0 Å². The van der Waals surface area contributed by atoms with E-state index in [9.17, 15) is 0 Å². The van der Waals surface area contributed by atoms with E-state index in [1.807, 2.05) is 0 Å². The molecule has 0 spiro atoms. The van der Waals surface area contributed by atoms with Gasteiger partial charge in [0.25, 0.3) is 0 Å². The summed E-state index contributed by atoms with van der Waals surface area (Å²) in [5.74, 6) is 0.570. The van der Waals surface area contributed by atoms with Crippen LogP contribution in [0.4, 0.5) is 11.4 Å². The summed E-state index contributed by atoms with van der Waals surface area (Å²) in [4.78, 5) is 4.90. The molecule has 0 aliphatic carbocycles. The summed E-state index contributed by atoms with van der Waals surface area (Å²) in [6, 6.07) is 13.6. The average molecular weight is 377 g/mol. The van der Waals surface area contributed by atoms with Crippen molar-refractivity contribution in [1.82, 2.24) is 0 Å². The SMILES string of the molecule is CCCc1cccc(CCC)c1N1C=CN(c2c(C)cccc2C(C)CC)C1. The van der Waals surface area contributed by atoms with Gasteiger partial charge >= 0.3 is 0 Å². The van der Waals surface area contributed by atoms with Crippen LogP contribution in [0.15, 0.2) is 48.8 Å². The van der Waals surface area contributed by atoms with Gasteiger partial charge in [0.15, 0.2) is 0 Å². The smallest absolute Gasteiger partial charge is 0.0989 e. The molecule has 0 saturated heterocycles. The van der Waals surface area contributed by atoms with Crippen LogP contribution < -0.4 is 9.80 Å². The molecule has 28 heavy (non-hydrogen) atoms. The first-order chi connectivity index (χ1) is 13.6. The normalized spacial score (nSPS) is 14.8. The number of aryl methyl sites for hydroxylation is 3. The quantitative estimate of drug-likeness (QED) is 0.482. The average Bonchev–Trinajstić information content (AvgIpc) is 3.17. The first-order valence-electron chi connectivity index (χ1n) is 11.0. The van der Waals surface area contributed by atoms with Crippen LogP contribution in [0.25, 0.3) is 0 Å². The molecule has 1 atom stereocenters. The van der Waals surface area contributed by atoms with Gasteiger partial charge < -0.3 is 9.80 Å². The van der Waals surface area contributed by atoms with E-state index in [0.717, 1.165) is 25.9 Å². The van der Waals surface area contributed by atoms with Crippen molar-refractivity contribution in [1.29, 1.82) is 0 Å². The molecule has 150 valence electrons. The standard InChI is InChI=1S/C26H36N2/c1-6-11-22-14-10-15-23(12-7-2)26(22)28-18-17-27(19-28)25-21(5)13-9-16-24(25)20(4)8-3/h9-10,13-18,20H,6-8,11-12,19H2,1-5H3. The molecule has 2 aromatic rings. The Labute approximate surface area is 171 Å². The number of rotatable bonds is 8. The highest BCUT2D eigenvalue weighted by Gasteiger charge is 2.23. The second-order valence-corrected chi connectivity index (χ2v) is 8.13. The van der Waals surface area contributed by atoms with Gasteiger partial charge in [-0.3, -0.25) is 0 Å². The second-order valence-electron chi connectivity index (χ2n) is 8.13. The van der Waals surface area contributed by atoms with E-state index >= 15 is 0 Å². The van der Waals surface area contributed by atoms with Crippen LogP contribution in [0.3, 0.4) is 0 Å². The molecule has 0 fully saturated rings. The fraction of sp³-hybridized carbons (Fsp3) is 0.462. The van der Waals surface area contributed by atoms with E-state index in [0.29, 0.717) is 5.92 Å². The third kappa shape index (κ3) is 4.11. The summed E-state index contributed by atoms with van der Waals surface area (Å²) in [6.45, 7) is 12.3. The topological polar surface area (TPSA) is 6.48 Å². The Morgan fingerprint density at radius 3 is 1.96 bits per heavy atom. The Morgan fingerprint density at radius 2 is 1.39 bits per heavy atom. The lowest BCUT2D eigenvalue weighted by atomic mass is 9.94. The first-order valence-corrected chi connectivity index (χ1v) is 11.0. The third-order valence-electron chi connectivity index (χ3n) is 5.96. The molecule has 0 saturated carbocycles. The molecular weight excluding hydrogens is 340 g/mol. The van der Waals surface area contributed by atoms with Gasteiger partial charge in [-0.1, -0.05) is 76.9 Å². The molecule has 1 aliphatic rings. The Balaban J connectivity index is 1.95. The molecule has 0 amide bonds. The van der Waals surface area contributed by atoms with Crippen LogP contribution in [0.2, 0.25) is 0 Å². The molecule has 0 bridgehead atoms. The predicted octanol–water partition coefficient (Wildman–Crippen LogP) is 7.17. The summed E-state index contributed by atoms with van der Waals surface area (Å²) in [5, 5.41) is 0. The zero-order chi connectivity index (χ0) is 20.1. The molecule has 3 rings (SSSR count). The molecule has 2 heteroatoms. The number of nitrogens with zero attached hydrogens (tertiary/aromatic N) is 2. The fourth-order valence-electron chi connectivity index (χ4n) is 4.36. The molecule has 1 heterocycles. The van der Waals surface area contributed by atoms with Crippen LogP contribution in [0, 0.1) is 6.92 Å². The van der Waals surface area contributed by atoms with Crippen LogP contribution in [-0.2, 0) is 12.8 Å². The molecule has 1 unspecified atom stereocenters. The molecule has 0 radical (unpaired) electrons. The molecule has 0 aromatic heterocycles. The monoisotopic (exact) mass is 376 g/mol. The maximum Gasteiger partial charge on any atom is 0.0989 e. The minimum absolute atomic E-state index is 0.570. The maximum atomic E-state index is 2.46. The molecular formula is C26H36N2. The minimum atomic E-state index is 0.570. The second kappa shape index (κ2) is 9.32. The summed E-state index contributed by atoms with van der Waals surface area (Å²) in [7, 11) is 0. The highest BCUT2D eigenvalue weighted by Crippen LogP contribution is 2.37. The number of hydrogen-bond donors (Lipinski definition) is 0. The highest BCUT2D eigenvalue weighted by molar-refractivity contribution is 5.69. The Kier molecular flexibility index (Phi) is 6.83. The molecule has 2 aromatic carbocycles. The molecule has 1 aliphatic heterocycles. The van der Waals surface area contributed by atoms with Crippen LogP contribution in [0.1, 0.15) is 75.1 Å². The number of hydrogen-bond acceptors (Lipinski definition) is 2. The van der Waals surface area contributed by atoms with E-state index in [2.05, 4.69) is 93.2 Å². The van der Waals surface area contributed by atoms with Crippen molar-refractivity contribution in [3.63, 3.8) is 0 Å². The van der Waals surface area contributed by atoms with Gasteiger partial charge in [0.2, 0.25) is 0 Å². The third-order valence-corrected chi connectivity index (χ3v) is 5.96. The Morgan fingerprint density at radius 1 is 0.821 bits per heavy atom. The lowest BCUT2D eigenvalue weighted by molar-refractivity contribution is 0.729. The fourth-order valence-corrected chi connectivity index (χ4v) is 4.36. The summed E-state index contributed by atoms with van der Waals surface area (Å²) >= 11 is 0. The molecule has 0 N–H and O–H groups in total. The summed E-state index contributed by atoms with van der Waals surface area (Å²) in [5.41, 5.74) is 8.60. The van der Waals surface area contributed by atoms with Gasteiger partial charge in [-0.05, 0) is 54.4 Å². The highest BCUT2D eigenvalue weighted by atomic mass is 15.3. The first kappa shape index (κ1) is 20.5. The van der Waals surface area contributed by atoms with Gasteiger partial charge in [0, 0.05) is 23.8 Å². The lowest BCUT2D eigenvalue weighted by Gasteiger charge is -2.29. The number of anilines is 2. The van der Waals surface area contributed by atoms with Crippen molar-refractivity contribution in [2.24, 2.45) is 0 Å². The van der Waals surface area contributed by atoms with E-state index in [4.69, 9.17) is 0 Å². The van der Waals surface area contributed by atoms with Gasteiger partial charge in [0.1, 0.15) is 0 Å². The van der Waals surface area contributed by atoms with E-state index in [1.165, 1.54) is 46.5 Å².